The topological polar surface area (TPSA) is 81.7 Å². The number of rotatable bonds is 5. The zero-order valence-corrected chi connectivity index (χ0v) is 14.8. The second-order valence-corrected chi connectivity index (χ2v) is 8.13. The van der Waals surface area contributed by atoms with Crippen molar-refractivity contribution in [1.82, 2.24) is 0 Å². The summed E-state index contributed by atoms with van der Waals surface area (Å²) in [4.78, 5) is 12.2. The number of nitrogens with one attached hydrogen (secondary N) is 1. The molecule has 0 amide bonds. The van der Waals surface area contributed by atoms with Crippen LogP contribution in [0.25, 0.3) is 0 Å². The maximum atomic E-state index is 13.7. The summed E-state index contributed by atoms with van der Waals surface area (Å²) in [6.45, 7) is 0. The molecule has 2 aromatic carbocycles. The van der Waals surface area contributed by atoms with E-state index in [1.807, 2.05) is 0 Å². The molecule has 6 nitrogen and oxygen atoms in total. The molecule has 2 atom stereocenters. The third-order valence-electron chi connectivity index (χ3n) is 4.09. The average molecular weight is 379 g/mol. The van der Waals surface area contributed by atoms with Crippen molar-refractivity contribution in [2.24, 2.45) is 0 Å². The Labute approximate surface area is 150 Å². The summed E-state index contributed by atoms with van der Waals surface area (Å²) >= 11 is 0. The van der Waals surface area contributed by atoms with Gasteiger partial charge in [0.05, 0.1) is 30.2 Å². The number of ether oxygens (including phenoxy) is 2. The molecule has 2 aromatic rings. The second-order valence-electron chi connectivity index (χ2n) is 5.98. The van der Waals surface area contributed by atoms with E-state index in [1.165, 1.54) is 18.2 Å². The lowest BCUT2D eigenvalue weighted by molar-refractivity contribution is 0.0331. The molecule has 0 spiro atoms. The zero-order chi connectivity index (χ0) is 18.7. The Balaban J connectivity index is 1.75. The van der Waals surface area contributed by atoms with Crippen LogP contribution in [0.5, 0.6) is 5.75 Å². The quantitative estimate of drug-likeness (QED) is 0.803. The number of sulfone groups is 1. The lowest BCUT2D eigenvalue weighted by atomic mass is 10.1. The van der Waals surface area contributed by atoms with E-state index < -0.39 is 33.8 Å². The largest absolute Gasteiger partial charge is 0.497 e. The predicted octanol–water partition coefficient (Wildman–Crippen LogP) is 2.27. The Morgan fingerprint density at radius 3 is 2.46 bits per heavy atom. The third-order valence-corrected chi connectivity index (χ3v) is 5.80. The molecule has 0 saturated carbocycles. The van der Waals surface area contributed by atoms with Gasteiger partial charge in [0.15, 0.2) is 9.84 Å². The fraction of sp³-hybridized carbons (Fsp3) is 0.278. The van der Waals surface area contributed by atoms with Gasteiger partial charge < -0.3 is 14.8 Å². The van der Waals surface area contributed by atoms with E-state index >= 15 is 0 Å². The summed E-state index contributed by atoms with van der Waals surface area (Å²) < 4.78 is 48.1. The van der Waals surface area contributed by atoms with E-state index in [4.69, 9.17) is 9.47 Å². The van der Waals surface area contributed by atoms with Gasteiger partial charge in [-0.25, -0.2) is 17.6 Å². The van der Waals surface area contributed by atoms with Gasteiger partial charge in [0.2, 0.25) is 0 Å². The lowest BCUT2D eigenvalue weighted by Crippen LogP contribution is -2.36. The van der Waals surface area contributed by atoms with Crippen LogP contribution < -0.4 is 10.1 Å². The number of benzene rings is 2. The van der Waals surface area contributed by atoms with Crippen molar-refractivity contribution >= 4 is 21.5 Å². The van der Waals surface area contributed by atoms with Crippen molar-refractivity contribution in [1.29, 1.82) is 0 Å². The number of hydrogen-bond acceptors (Lipinski definition) is 6. The molecule has 0 aliphatic carbocycles. The zero-order valence-electron chi connectivity index (χ0n) is 14.0. The number of carbonyl (C=O) groups is 1. The fourth-order valence-corrected chi connectivity index (χ4v) is 4.58. The molecule has 1 saturated heterocycles. The number of esters is 1. The molecule has 1 aliphatic heterocycles. The molecule has 0 bridgehead atoms. The molecule has 1 heterocycles. The van der Waals surface area contributed by atoms with Gasteiger partial charge in [0.1, 0.15) is 17.7 Å². The van der Waals surface area contributed by atoms with Crippen molar-refractivity contribution in [2.45, 2.75) is 12.1 Å². The van der Waals surface area contributed by atoms with E-state index in [-0.39, 0.29) is 17.1 Å². The lowest BCUT2D eigenvalue weighted by Gasteiger charge is -2.21. The number of anilines is 1. The van der Waals surface area contributed by atoms with Gasteiger partial charge >= 0.3 is 5.97 Å². The van der Waals surface area contributed by atoms with Gasteiger partial charge in [-0.2, -0.15) is 0 Å². The summed E-state index contributed by atoms with van der Waals surface area (Å²) in [6, 6.07) is 11.7. The van der Waals surface area contributed by atoms with Gasteiger partial charge in [-0.05, 0) is 36.4 Å². The molecular weight excluding hydrogens is 361 g/mol. The minimum Gasteiger partial charge on any atom is -0.497 e. The van der Waals surface area contributed by atoms with Crippen LogP contribution in [-0.4, -0.2) is 45.1 Å². The average Bonchev–Trinajstić information content (AvgIpc) is 2.89. The first-order valence-electron chi connectivity index (χ1n) is 7.94. The summed E-state index contributed by atoms with van der Waals surface area (Å²) in [6.07, 6.45) is -0.908. The molecule has 1 aliphatic rings. The molecule has 26 heavy (non-hydrogen) atoms. The number of halogens is 1. The Kier molecular flexibility index (Phi) is 5.13. The van der Waals surface area contributed by atoms with Crippen LogP contribution in [0.2, 0.25) is 0 Å². The van der Waals surface area contributed by atoms with E-state index in [1.54, 1.807) is 31.4 Å². The predicted molar refractivity (Wildman–Crippen MR) is 94.7 cm³/mol. The first kappa shape index (κ1) is 18.2. The maximum absolute atomic E-state index is 13.7. The van der Waals surface area contributed by atoms with Crippen LogP contribution in [0.15, 0.2) is 48.5 Å². The first-order chi connectivity index (χ1) is 12.4. The molecule has 0 aromatic heterocycles. The van der Waals surface area contributed by atoms with Crippen LogP contribution >= 0.6 is 0 Å². The highest BCUT2D eigenvalue weighted by Crippen LogP contribution is 2.23. The molecule has 138 valence electrons. The Morgan fingerprint density at radius 2 is 1.81 bits per heavy atom. The standard InChI is InChI=1S/C18H18FNO5S/c1-24-13-8-6-12(7-9-13)20-16-10-26(22,23)11-17(16)25-18(21)14-4-2-3-5-15(14)19/h2-9,16-17,20H,10-11H2,1H3/t16-,17-/m1/s1. The van der Waals surface area contributed by atoms with Gasteiger partial charge in [-0.3, -0.25) is 0 Å². The van der Waals surface area contributed by atoms with E-state index in [2.05, 4.69) is 5.32 Å². The van der Waals surface area contributed by atoms with Crippen LogP contribution in [0, 0.1) is 5.82 Å². The normalized spacial score (nSPS) is 21.2. The van der Waals surface area contributed by atoms with Crippen molar-refractivity contribution in [3.05, 3.63) is 59.9 Å². The molecule has 0 unspecified atom stereocenters. The number of hydrogen-bond donors (Lipinski definition) is 1. The number of carbonyl (C=O) groups excluding carboxylic acids is 1. The molecule has 1 N–H and O–H groups in total. The van der Waals surface area contributed by atoms with Gasteiger partial charge in [-0.1, -0.05) is 12.1 Å². The molecular formula is C18H18FNO5S. The first-order valence-corrected chi connectivity index (χ1v) is 9.76. The minimum atomic E-state index is -3.37. The minimum absolute atomic E-state index is 0.172. The molecule has 1 fully saturated rings. The summed E-state index contributed by atoms with van der Waals surface area (Å²) in [5.74, 6) is -1.41. The maximum Gasteiger partial charge on any atom is 0.341 e. The van der Waals surface area contributed by atoms with Crippen molar-refractivity contribution in [3.63, 3.8) is 0 Å². The van der Waals surface area contributed by atoms with Crippen LogP contribution in [-0.2, 0) is 14.6 Å². The van der Waals surface area contributed by atoms with Gasteiger partial charge in [0, 0.05) is 5.69 Å². The second kappa shape index (κ2) is 7.33. The van der Waals surface area contributed by atoms with Crippen molar-refractivity contribution in [2.75, 3.05) is 23.9 Å². The summed E-state index contributed by atoms with van der Waals surface area (Å²) in [5.41, 5.74) is 0.444. The number of methoxy groups -OCH3 is 1. The Hall–Kier alpha value is -2.61. The molecule has 8 heteroatoms. The van der Waals surface area contributed by atoms with Crippen LogP contribution in [0.1, 0.15) is 10.4 Å². The van der Waals surface area contributed by atoms with Crippen LogP contribution in [0.4, 0.5) is 10.1 Å². The monoisotopic (exact) mass is 379 g/mol. The summed E-state index contributed by atoms with van der Waals surface area (Å²) in [7, 11) is -1.83. The van der Waals surface area contributed by atoms with E-state index in [9.17, 15) is 17.6 Å². The SMILES string of the molecule is COc1ccc(N[C@@H]2CS(=O)(=O)C[C@H]2OC(=O)c2ccccc2F)cc1. The van der Waals surface area contributed by atoms with E-state index in [0.29, 0.717) is 11.4 Å². The highest BCUT2D eigenvalue weighted by molar-refractivity contribution is 7.91. The highest BCUT2D eigenvalue weighted by Gasteiger charge is 2.40. The van der Waals surface area contributed by atoms with Crippen molar-refractivity contribution in [3.8, 4) is 5.75 Å². The fourth-order valence-electron chi connectivity index (χ4n) is 2.80. The summed E-state index contributed by atoms with van der Waals surface area (Å²) in [5, 5.41) is 3.06. The smallest absolute Gasteiger partial charge is 0.341 e. The van der Waals surface area contributed by atoms with E-state index in [0.717, 1.165) is 6.07 Å². The highest BCUT2D eigenvalue weighted by atomic mass is 32.2. The molecule has 3 rings (SSSR count). The van der Waals surface area contributed by atoms with Gasteiger partial charge in [-0.15, -0.1) is 0 Å². The Morgan fingerprint density at radius 1 is 1.12 bits per heavy atom. The third kappa shape index (κ3) is 4.13. The van der Waals surface area contributed by atoms with Gasteiger partial charge in [0.25, 0.3) is 0 Å². The molecule has 0 radical (unpaired) electrons. The van der Waals surface area contributed by atoms with Crippen LogP contribution in [0.3, 0.4) is 0 Å². The van der Waals surface area contributed by atoms with Crippen molar-refractivity contribution < 1.29 is 27.1 Å². The Bertz CT molecular complexity index is 898.